The van der Waals surface area contributed by atoms with Crippen LogP contribution in [0.25, 0.3) is 0 Å². The van der Waals surface area contributed by atoms with Crippen LogP contribution in [-0.2, 0) is 0 Å². The lowest BCUT2D eigenvalue weighted by Gasteiger charge is -2.07. The number of carbonyl (C=O) groups is 1. The third-order valence-corrected chi connectivity index (χ3v) is 2.29. The van der Waals surface area contributed by atoms with E-state index < -0.39 is 0 Å². The molecular formula is C13H17NO2. The molecule has 0 aliphatic heterocycles. The average molecular weight is 219 g/mol. The van der Waals surface area contributed by atoms with Crippen LogP contribution in [0.2, 0.25) is 0 Å². The van der Waals surface area contributed by atoms with Crippen LogP contribution in [0, 0.1) is 6.92 Å². The molecule has 0 aromatic heterocycles. The fourth-order valence-electron chi connectivity index (χ4n) is 1.44. The number of nitrogens with one attached hydrogen (secondary N) is 1. The fourth-order valence-corrected chi connectivity index (χ4v) is 1.44. The first-order chi connectivity index (χ1) is 7.69. The third-order valence-electron chi connectivity index (χ3n) is 2.29. The maximum Gasteiger partial charge on any atom is 0.176 e. The molecule has 1 aromatic rings. The average Bonchev–Trinajstić information content (AvgIpc) is 2.29. The van der Waals surface area contributed by atoms with Crippen molar-refractivity contribution in [1.82, 2.24) is 5.32 Å². The van der Waals surface area contributed by atoms with Gasteiger partial charge in [-0.2, -0.15) is 0 Å². The van der Waals surface area contributed by atoms with Gasteiger partial charge < -0.3 is 10.1 Å². The first-order valence-corrected chi connectivity index (χ1v) is 5.18. The van der Waals surface area contributed by atoms with Crippen LogP contribution in [0.15, 0.2) is 30.9 Å². The van der Waals surface area contributed by atoms with Crippen LogP contribution in [0.4, 0.5) is 0 Å². The molecule has 0 unspecified atom stereocenters. The highest BCUT2D eigenvalue weighted by Crippen LogP contribution is 2.18. The Kier molecular flexibility index (Phi) is 4.73. The number of carbonyl (C=O) groups excluding carboxylic acids is 1. The van der Waals surface area contributed by atoms with Crippen molar-refractivity contribution in [2.24, 2.45) is 0 Å². The topological polar surface area (TPSA) is 38.3 Å². The Morgan fingerprint density at radius 3 is 2.88 bits per heavy atom. The van der Waals surface area contributed by atoms with Crippen molar-refractivity contribution in [3.8, 4) is 5.75 Å². The van der Waals surface area contributed by atoms with Crippen molar-refractivity contribution in [1.29, 1.82) is 0 Å². The summed E-state index contributed by atoms with van der Waals surface area (Å²) in [6.45, 7) is 6.47. The van der Waals surface area contributed by atoms with Gasteiger partial charge in [-0.15, -0.1) is 6.58 Å². The zero-order chi connectivity index (χ0) is 12.0. The van der Waals surface area contributed by atoms with Crippen LogP contribution >= 0.6 is 0 Å². The van der Waals surface area contributed by atoms with Gasteiger partial charge in [-0.25, -0.2) is 0 Å². The number of hydrogen-bond acceptors (Lipinski definition) is 3. The second kappa shape index (κ2) is 6.08. The van der Waals surface area contributed by atoms with Crippen LogP contribution in [0.3, 0.4) is 0 Å². The highest BCUT2D eigenvalue weighted by atomic mass is 16.5. The molecular weight excluding hydrogens is 202 g/mol. The Balaban J connectivity index is 2.69. The molecule has 0 fully saturated rings. The smallest absolute Gasteiger partial charge is 0.176 e. The first-order valence-electron chi connectivity index (χ1n) is 5.18. The molecule has 0 spiro atoms. The number of methoxy groups -OCH3 is 1. The maximum absolute atomic E-state index is 11.7. The molecule has 86 valence electrons. The van der Waals surface area contributed by atoms with E-state index in [-0.39, 0.29) is 5.78 Å². The molecule has 0 atom stereocenters. The number of ketones is 1. The predicted octanol–water partition coefficient (Wildman–Crippen LogP) is 1.96. The Labute approximate surface area is 96.1 Å². The predicted molar refractivity (Wildman–Crippen MR) is 65.1 cm³/mol. The molecule has 0 amide bonds. The molecule has 0 aliphatic carbocycles. The molecule has 1 N–H and O–H groups in total. The van der Waals surface area contributed by atoms with Crippen LogP contribution < -0.4 is 10.1 Å². The molecule has 0 saturated heterocycles. The van der Waals surface area contributed by atoms with E-state index in [2.05, 4.69) is 11.9 Å². The molecule has 1 aromatic carbocycles. The lowest BCUT2D eigenvalue weighted by molar-refractivity contribution is 0.0992. The minimum absolute atomic E-state index is 0.0765. The van der Waals surface area contributed by atoms with Gasteiger partial charge in [0.2, 0.25) is 0 Å². The van der Waals surface area contributed by atoms with Crippen molar-refractivity contribution in [2.45, 2.75) is 6.92 Å². The monoisotopic (exact) mass is 219 g/mol. The van der Waals surface area contributed by atoms with Gasteiger partial charge in [0.05, 0.1) is 13.7 Å². The SMILES string of the molecule is C=CCNCC(=O)c1ccc(OC)c(C)c1. The van der Waals surface area contributed by atoms with Crippen molar-refractivity contribution >= 4 is 5.78 Å². The van der Waals surface area contributed by atoms with Gasteiger partial charge in [-0.3, -0.25) is 4.79 Å². The summed E-state index contributed by atoms with van der Waals surface area (Å²) < 4.78 is 5.14. The van der Waals surface area contributed by atoms with E-state index in [0.29, 0.717) is 18.7 Å². The van der Waals surface area contributed by atoms with Gasteiger partial charge in [0.15, 0.2) is 5.78 Å². The van der Waals surface area contributed by atoms with Crippen LogP contribution in [0.1, 0.15) is 15.9 Å². The molecule has 0 aliphatic rings. The Morgan fingerprint density at radius 2 is 2.31 bits per heavy atom. The van der Waals surface area contributed by atoms with E-state index >= 15 is 0 Å². The van der Waals surface area contributed by atoms with Crippen LogP contribution in [0.5, 0.6) is 5.75 Å². The number of rotatable bonds is 6. The Morgan fingerprint density at radius 1 is 1.56 bits per heavy atom. The van der Waals surface area contributed by atoms with Crippen molar-refractivity contribution in [3.63, 3.8) is 0 Å². The molecule has 3 nitrogen and oxygen atoms in total. The summed E-state index contributed by atoms with van der Waals surface area (Å²) in [5.74, 6) is 0.878. The van der Waals surface area contributed by atoms with Gasteiger partial charge in [0, 0.05) is 12.1 Å². The maximum atomic E-state index is 11.7. The molecule has 0 bridgehead atoms. The second-order valence-corrected chi connectivity index (χ2v) is 3.53. The Bertz CT molecular complexity index is 386. The summed E-state index contributed by atoms with van der Waals surface area (Å²) in [6, 6.07) is 5.44. The first kappa shape index (κ1) is 12.5. The van der Waals surface area contributed by atoms with E-state index in [1.54, 1.807) is 19.3 Å². The van der Waals surface area contributed by atoms with Gasteiger partial charge in [0.1, 0.15) is 5.75 Å². The summed E-state index contributed by atoms with van der Waals surface area (Å²) in [5.41, 5.74) is 1.67. The minimum Gasteiger partial charge on any atom is -0.496 e. The molecule has 0 heterocycles. The van der Waals surface area contributed by atoms with Gasteiger partial charge >= 0.3 is 0 Å². The summed E-state index contributed by atoms with van der Waals surface area (Å²) >= 11 is 0. The van der Waals surface area contributed by atoms with Crippen molar-refractivity contribution < 1.29 is 9.53 Å². The zero-order valence-electron chi connectivity index (χ0n) is 9.75. The quantitative estimate of drug-likeness (QED) is 0.451. The fraction of sp³-hybridized carbons (Fsp3) is 0.308. The number of ether oxygens (including phenoxy) is 1. The summed E-state index contributed by atoms with van der Waals surface area (Å²) in [4.78, 5) is 11.7. The Hall–Kier alpha value is -1.61. The number of hydrogen-bond donors (Lipinski definition) is 1. The normalized spacial score (nSPS) is 9.88. The van der Waals surface area contributed by atoms with E-state index in [0.717, 1.165) is 11.3 Å². The van der Waals surface area contributed by atoms with Gasteiger partial charge in [-0.05, 0) is 30.7 Å². The number of benzene rings is 1. The van der Waals surface area contributed by atoms with Gasteiger partial charge in [-0.1, -0.05) is 6.08 Å². The van der Waals surface area contributed by atoms with Crippen molar-refractivity contribution in [3.05, 3.63) is 42.0 Å². The molecule has 0 saturated carbocycles. The molecule has 1 rings (SSSR count). The molecule has 16 heavy (non-hydrogen) atoms. The van der Waals surface area contributed by atoms with Gasteiger partial charge in [0.25, 0.3) is 0 Å². The highest BCUT2D eigenvalue weighted by Gasteiger charge is 2.07. The minimum atomic E-state index is 0.0765. The second-order valence-electron chi connectivity index (χ2n) is 3.53. The largest absolute Gasteiger partial charge is 0.496 e. The van der Waals surface area contributed by atoms with E-state index in [4.69, 9.17) is 4.74 Å². The van der Waals surface area contributed by atoms with Crippen LogP contribution in [-0.4, -0.2) is 26.0 Å². The standard InChI is InChI=1S/C13H17NO2/c1-4-7-14-9-12(15)11-5-6-13(16-3)10(2)8-11/h4-6,8,14H,1,7,9H2,2-3H3. The molecule has 3 heteroatoms. The highest BCUT2D eigenvalue weighted by molar-refractivity contribution is 5.97. The third kappa shape index (κ3) is 3.21. The zero-order valence-corrected chi connectivity index (χ0v) is 9.75. The van der Waals surface area contributed by atoms with E-state index in [1.807, 2.05) is 19.1 Å². The lowest BCUT2D eigenvalue weighted by Crippen LogP contribution is -2.22. The number of Topliss-reactive ketones (excluding diaryl/α,β-unsaturated/α-hetero) is 1. The summed E-state index contributed by atoms with van der Waals surface area (Å²) in [6.07, 6.45) is 1.73. The van der Waals surface area contributed by atoms with E-state index in [1.165, 1.54) is 0 Å². The van der Waals surface area contributed by atoms with E-state index in [9.17, 15) is 4.79 Å². The summed E-state index contributed by atoms with van der Waals surface area (Å²) in [7, 11) is 1.62. The number of aryl methyl sites for hydroxylation is 1. The lowest BCUT2D eigenvalue weighted by atomic mass is 10.1. The van der Waals surface area contributed by atoms with Crippen molar-refractivity contribution in [2.75, 3.05) is 20.2 Å². The molecule has 0 radical (unpaired) electrons. The summed E-state index contributed by atoms with van der Waals surface area (Å²) in [5, 5.41) is 2.98.